The van der Waals surface area contributed by atoms with Gasteiger partial charge in [0.25, 0.3) is 0 Å². The minimum Gasteiger partial charge on any atom is -0.397 e. The molecule has 1 amide bonds. The van der Waals surface area contributed by atoms with Gasteiger partial charge in [0, 0.05) is 25.0 Å². The van der Waals surface area contributed by atoms with Gasteiger partial charge in [-0.25, -0.2) is 4.98 Å². The predicted octanol–water partition coefficient (Wildman–Crippen LogP) is 1.72. The van der Waals surface area contributed by atoms with Crippen molar-refractivity contribution in [3.8, 4) is 0 Å². The Morgan fingerprint density at radius 3 is 2.63 bits per heavy atom. The third-order valence-corrected chi connectivity index (χ3v) is 3.44. The highest BCUT2D eigenvalue weighted by molar-refractivity contribution is 5.78. The Kier molecular flexibility index (Phi) is 4.24. The van der Waals surface area contributed by atoms with Crippen molar-refractivity contribution in [1.82, 2.24) is 9.88 Å². The molecule has 1 aromatic heterocycles. The number of hydrogen-bond acceptors (Lipinski definition) is 4. The van der Waals surface area contributed by atoms with Crippen molar-refractivity contribution in [2.24, 2.45) is 5.92 Å². The Hall–Kier alpha value is -1.78. The molecule has 1 fully saturated rings. The van der Waals surface area contributed by atoms with Gasteiger partial charge in [-0.15, -0.1) is 0 Å². The van der Waals surface area contributed by atoms with Crippen molar-refractivity contribution in [3.05, 3.63) is 18.3 Å². The Labute approximate surface area is 114 Å². The van der Waals surface area contributed by atoms with Crippen LogP contribution in [0.4, 0.5) is 11.5 Å². The first-order chi connectivity index (χ1) is 9.06. The fraction of sp³-hybridized carbons (Fsp3) is 0.571. The van der Waals surface area contributed by atoms with Crippen molar-refractivity contribution < 1.29 is 4.79 Å². The van der Waals surface area contributed by atoms with Crippen LogP contribution >= 0.6 is 0 Å². The highest BCUT2D eigenvalue weighted by Gasteiger charge is 2.24. The van der Waals surface area contributed by atoms with E-state index in [0.717, 1.165) is 31.7 Å². The molecule has 0 bridgehead atoms. The maximum atomic E-state index is 11.9. The summed E-state index contributed by atoms with van der Waals surface area (Å²) in [6.07, 6.45) is 3.58. The number of carbonyl (C=O) groups excluding carboxylic acids is 1. The number of pyridine rings is 1. The van der Waals surface area contributed by atoms with Gasteiger partial charge < -0.3 is 16.0 Å². The molecule has 2 heterocycles. The molecule has 1 aliphatic heterocycles. The van der Waals surface area contributed by atoms with E-state index in [9.17, 15) is 4.79 Å². The number of nitrogens with one attached hydrogen (secondary N) is 1. The molecule has 1 saturated heterocycles. The summed E-state index contributed by atoms with van der Waals surface area (Å²) in [6, 6.07) is 4.11. The van der Waals surface area contributed by atoms with Gasteiger partial charge in [-0.3, -0.25) is 4.79 Å². The van der Waals surface area contributed by atoms with Crippen LogP contribution in [0.15, 0.2) is 18.3 Å². The summed E-state index contributed by atoms with van der Waals surface area (Å²) in [6.45, 7) is 5.54. The van der Waals surface area contributed by atoms with E-state index in [0.29, 0.717) is 11.7 Å². The van der Waals surface area contributed by atoms with E-state index in [1.165, 1.54) is 0 Å². The first-order valence-electron chi connectivity index (χ1n) is 6.83. The van der Waals surface area contributed by atoms with E-state index < -0.39 is 0 Å². The second-order valence-corrected chi connectivity index (χ2v) is 5.38. The number of rotatable bonds is 3. The van der Waals surface area contributed by atoms with Gasteiger partial charge in [0.05, 0.1) is 11.9 Å². The normalized spacial score (nSPS) is 16.7. The molecule has 0 aromatic carbocycles. The topological polar surface area (TPSA) is 71.2 Å². The smallest absolute Gasteiger partial charge is 0.225 e. The largest absolute Gasteiger partial charge is 0.397 e. The van der Waals surface area contributed by atoms with Gasteiger partial charge in [0.15, 0.2) is 0 Å². The number of anilines is 2. The molecule has 0 radical (unpaired) electrons. The lowest BCUT2D eigenvalue weighted by atomic mass is 10.0. The number of carbonyl (C=O) groups is 1. The third-order valence-electron chi connectivity index (χ3n) is 3.44. The van der Waals surface area contributed by atoms with Crippen LogP contribution in [0.3, 0.4) is 0 Å². The predicted molar refractivity (Wildman–Crippen MR) is 76.7 cm³/mol. The molecule has 5 heteroatoms. The molecule has 0 saturated carbocycles. The number of nitrogen functional groups attached to an aromatic ring is 1. The molecule has 3 N–H and O–H groups in total. The average Bonchev–Trinajstić information content (AvgIpc) is 2.41. The second-order valence-electron chi connectivity index (χ2n) is 5.38. The third kappa shape index (κ3) is 3.59. The zero-order chi connectivity index (χ0) is 13.8. The molecular formula is C14H22N4O. The summed E-state index contributed by atoms with van der Waals surface area (Å²) in [7, 11) is 0. The van der Waals surface area contributed by atoms with E-state index in [1.54, 1.807) is 6.20 Å². The molecule has 2 rings (SSSR count). The zero-order valence-corrected chi connectivity index (χ0v) is 11.6. The van der Waals surface area contributed by atoms with Crippen LogP contribution in [-0.4, -0.2) is 34.9 Å². The Balaban J connectivity index is 1.83. The lowest BCUT2D eigenvalue weighted by Crippen LogP contribution is -2.44. The Morgan fingerprint density at radius 2 is 2.11 bits per heavy atom. The fourth-order valence-corrected chi connectivity index (χ4v) is 2.31. The van der Waals surface area contributed by atoms with Gasteiger partial charge >= 0.3 is 0 Å². The van der Waals surface area contributed by atoms with Crippen LogP contribution in [0.25, 0.3) is 0 Å². The molecule has 5 nitrogen and oxygen atoms in total. The number of amides is 1. The average molecular weight is 262 g/mol. The lowest BCUT2D eigenvalue weighted by molar-refractivity contribution is -0.135. The van der Waals surface area contributed by atoms with Gasteiger partial charge in [0.1, 0.15) is 5.82 Å². The van der Waals surface area contributed by atoms with E-state index in [2.05, 4.69) is 10.3 Å². The minimum absolute atomic E-state index is 0.0864. The summed E-state index contributed by atoms with van der Waals surface area (Å²) < 4.78 is 0. The van der Waals surface area contributed by atoms with Crippen LogP contribution in [-0.2, 0) is 4.79 Å². The summed E-state index contributed by atoms with van der Waals surface area (Å²) in [5.41, 5.74) is 6.27. The van der Waals surface area contributed by atoms with Crippen molar-refractivity contribution >= 4 is 17.4 Å². The first-order valence-corrected chi connectivity index (χ1v) is 6.83. The SMILES string of the molecule is CC(C)C(=O)N1CCC(Nc2ccc(N)cn2)CC1. The summed E-state index contributed by atoms with van der Waals surface area (Å²) in [5, 5.41) is 3.39. The molecule has 1 aromatic rings. The van der Waals surface area contributed by atoms with Crippen LogP contribution in [0.5, 0.6) is 0 Å². The van der Waals surface area contributed by atoms with E-state index in [-0.39, 0.29) is 11.8 Å². The van der Waals surface area contributed by atoms with Gasteiger partial charge in [-0.1, -0.05) is 13.8 Å². The maximum Gasteiger partial charge on any atom is 0.225 e. The van der Waals surface area contributed by atoms with Crippen LogP contribution < -0.4 is 11.1 Å². The second kappa shape index (κ2) is 5.91. The fourth-order valence-electron chi connectivity index (χ4n) is 2.31. The quantitative estimate of drug-likeness (QED) is 0.870. The molecule has 0 aliphatic carbocycles. The van der Waals surface area contributed by atoms with Crippen LogP contribution in [0, 0.1) is 5.92 Å². The summed E-state index contributed by atoms with van der Waals surface area (Å²) in [5.74, 6) is 1.19. The number of nitrogens with two attached hydrogens (primary N) is 1. The van der Waals surface area contributed by atoms with Crippen LogP contribution in [0.1, 0.15) is 26.7 Å². The zero-order valence-electron chi connectivity index (χ0n) is 11.6. The molecule has 0 spiro atoms. The van der Waals surface area contributed by atoms with E-state index >= 15 is 0 Å². The van der Waals surface area contributed by atoms with Crippen molar-refractivity contribution in [2.75, 3.05) is 24.1 Å². The number of likely N-dealkylation sites (tertiary alicyclic amines) is 1. The number of hydrogen-bond donors (Lipinski definition) is 2. The van der Waals surface area contributed by atoms with Crippen molar-refractivity contribution in [3.63, 3.8) is 0 Å². The highest BCUT2D eigenvalue weighted by atomic mass is 16.2. The van der Waals surface area contributed by atoms with E-state index in [4.69, 9.17) is 5.73 Å². The van der Waals surface area contributed by atoms with Gasteiger partial charge in [-0.05, 0) is 25.0 Å². The molecule has 0 unspecified atom stereocenters. The highest BCUT2D eigenvalue weighted by Crippen LogP contribution is 2.17. The Morgan fingerprint density at radius 1 is 1.42 bits per heavy atom. The number of aromatic nitrogens is 1. The number of piperidine rings is 1. The maximum absolute atomic E-state index is 11.9. The van der Waals surface area contributed by atoms with Crippen molar-refractivity contribution in [2.45, 2.75) is 32.7 Å². The Bertz CT molecular complexity index is 422. The standard InChI is InChI=1S/C14H22N4O/c1-10(2)14(19)18-7-5-12(6-8-18)17-13-4-3-11(15)9-16-13/h3-4,9-10,12H,5-8,15H2,1-2H3,(H,16,17). The molecule has 19 heavy (non-hydrogen) atoms. The summed E-state index contributed by atoms with van der Waals surface area (Å²) >= 11 is 0. The first kappa shape index (κ1) is 13.6. The summed E-state index contributed by atoms with van der Waals surface area (Å²) in [4.78, 5) is 18.1. The monoisotopic (exact) mass is 262 g/mol. The van der Waals surface area contributed by atoms with Gasteiger partial charge in [0.2, 0.25) is 5.91 Å². The number of nitrogens with zero attached hydrogens (tertiary/aromatic N) is 2. The molecular weight excluding hydrogens is 240 g/mol. The van der Waals surface area contributed by atoms with Crippen LogP contribution in [0.2, 0.25) is 0 Å². The van der Waals surface area contributed by atoms with Crippen molar-refractivity contribution in [1.29, 1.82) is 0 Å². The molecule has 0 atom stereocenters. The molecule has 1 aliphatic rings. The van der Waals surface area contributed by atoms with E-state index in [1.807, 2.05) is 30.9 Å². The van der Waals surface area contributed by atoms with Gasteiger partial charge in [-0.2, -0.15) is 0 Å². The minimum atomic E-state index is 0.0864. The molecule has 104 valence electrons. The lowest BCUT2D eigenvalue weighted by Gasteiger charge is -2.33.